The Morgan fingerprint density at radius 1 is 0.519 bits per heavy atom. The summed E-state index contributed by atoms with van der Waals surface area (Å²) in [4.78, 5) is 45.5. The molecular formula is C18H10O9. The molecule has 0 unspecified atom stereocenters. The average molecular weight is 370 g/mol. The third-order valence-corrected chi connectivity index (χ3v) is 4.13. The van der Waals surface area contributed by atoms with Gasteiger partial charge in [0.05, 0.1) is 22.3 Å². The summed E-state index contributed by atoms with van der Waals surface area (Å²) in [6.45, 7) is 0. The summed E-state index contributed by atoms with van der Waals surface area (Å²) in [5.74, 6) is -6.43. The zero-order valence-electron chi connectivity index (χ0n) is 13.3. The van der Waals surface area contributed by atoms with Crippen molar-refractivity contribution in [2.75, 3.05) is 0 Å². The molecule has 0 aliphatic heterocycles. The minimum absolute atomic E-state index is 0.00989. The van der Waals surface area contributed by atoms with Gasteiger partial charge in [-0.3, -0.25) is 0 Å². The molecule has 0 aliphatic rings. The summed E-state index contributed by atoms with van der Waals surface area (Å²) in [5.41, 5.74) is -2.14. The molecule has 0 aromatic heterocycles. The van der Waals surface area contributed by atoms with E-state index in [1.807, 2.05) is 0 Å². The smallest absolute Gasteiger partial charge is 0.336 e. The highest BCUT2D eigenvalue weighted by atomic mass is 16.4. The molecule has 0 bridgehead atoms. The van der Waals surface area contributed by atoms with Gasteiger partial charge in [0.15, 0.2) is 0 Å². The van der Waals surface area contributed by atoms with Crippen LogP contribution in [0.3, 0.4) is 0 Å². The molecular weight excluding hydrogens is 360 g/mol. The number of carbonyl (C=O) groups is 4. The van der Waals surface area contributed by atoms with Crippen LogP contribution in [0.25, 0.3) is 21.5 Å². The SMILES string of the molecule is O=C(O)c1cc2cc(O)c3cc(C(=O)O)c(C(=O)O)cc3c2cc1C(=O)O. The van der Waals surface area contributed by atoms with Gasteiger partial charge in [0, 0.05) is 5.39 Å². The second kappa shape index (κ2) is 5.99. The Bertz CT molecular complexity index is 1190. The minimum Gasteiger partial charge on any atom is -0.507 e. The van der Waals surface area contributed by atoms with Crippen LogP contribution in [-0.2, 0) is 0 Å². The van der Waals surface area contributed by atoms with Gasteiger partial charge in [0.1, 0.15) is 5.75 Å². The zero-order chi connectivity index (χ0) is 20.0. The van der Waals surface area contributed by atoms with E-state index < -0.39 is 51.9 Å². The van der Waals surface area contributed by atoms with Crippen LogP contribution in [0.2, 0.25) is 0 Å². The van der Waals surface area contributed by atoms with Crippen LogP contribution >= 0.6 is 0 Å². The number of phenolic OH excluding ortho intramolecular Hbond substituents is 1. The van der Waals surface area contributed by atoms with E-state index in [-0.39, 0.29) is 21.5 Å². The fraction of sp³-hybridized carbons (Fsp3) is 0. The lowest BCUT2D eigenvalue weighted by Gasteiger charge is -2.12. The number of hydrogen-bond acceptors (Lipinski definition) is 5. The van der Waals surface area contributed by atoms with Crippen LogP contribution in [0.4, 0.5) is 0 Å². The molecule has 136 valence electrons. The quantitative estimate of drug-likeness (QED) is 0.433. The fourth-order valence-corrected chi connectivity index (χ4v) is 2.94. The van der Waals surface area contributed by atoms with Crippen LogP contribution in [0.5, 0.6) is 5.75 Å². The Morgan fingerprint density at radius 2 is 0.889 bits per heavy atom. The van der Waals surface area contributed by atoms with Crippen molar-refractivity contribution in [3.8, 4) is 5.75 Å². The summed E-state index contributed by atoms with van der Waals surface area (Å²) < 4.78 is 0. The number of carboxylic acids is 4. The number of benzene rings is 3. The molecule has 0 radical (unpaired) electrons. The first-order valence-corrected chi connectivity index (χ1v) is 7.32. The molecule has 0 amide bonds. The highest BCUT2D eigenvalue weighted by Crippen LogP contribution is 2.36. The van der Waals surface area contributed by atoms with Crippen molar-refractivity contribution in [1.29, 1.82) is 0 Å². The highest BCUT2D eigenvalue weighted by molar-refractivity contribution is 6.18. The summed E-state index contributed by atoms with van der Waals surface area (Å²) in [5, 5.41) is 47.5. The fourth-order valence-electron chi connectivity index (χ4n) is 2.94. The molecule has 9 heteroatoms. The Morgan fingerprint density at radius 3 is 1.33 bits per heavy atom. The molecule has 0 atom stereocenters. The molecule has 3 rings (SSSR count). The molecule has 9 nitrogen and oxygen atoms in total. The Kier molecular flexibility index (Phi) is 3.92. The lowest BCUT2D eigenvalue weighted by molar-refractivity contribution is 0.0651. The third kappa shape index (κ3) is 2.76. The van der Waals surface area contributed by atoms with Crippen molar-refractivity contribution >= 4 is 45.4 Å². The van der Waals surface area contributed by atoms with Crippen LogP contribution in [0.1, 0.15) is 41.4 Å². The Hall–Kier alpha value is -4.14. The van der Waals surface area contributed by atoms with Gasteiger partial charge in [0.2, 0.25) is 0 Å². The van der Waals surface area contributed by atoms with E-state index >= 15 is 0 Å². The molecule has 0 spiro atoms. The topological polar surface area (TPSA) is 169 Å². The van der Waals surface area contributed by atoms with E-state index in [0.717, 1.165) is 30.3 Å². The Labute approximate surface area is 149 Å². The van der Waals surface area contributed by atoms with Crippen LogP contribution in [0, 0.1) is 0 Å². The summed E-state index contributed by atoms with van der Waals surface area (Å²) in [7, 11) is 0. The van der Waals surface area contributed by atoms with Crippen molar-refractivity contribution in [3.63, 3.8) is 0 Å². The van der Waals surface area contributed by atoms with Crippen LogP contribution in [-0.4, -0.2) is 49.4 Å². The molecule has 0 heterocycles. The monoisotopic (exact) mass is 370 g/mol. The maximum Gasteiger partial charge on any atom is 0.336 e. The van der Waals surface area contributed by atoms with E-state index in [4.69, 9.17) is 0 Å². The minimum atomic E-state index is -1.52. The number of aromatic hydroxyl groups is 1. The number of phenols is 1. The molecule has 0 saturated heterocycles. The van der Waals surface area contributed by atoms with E-state index in [0.29, 0.717) is 0 Å². The highest BCUT2D eigenvalue weighted by Gasteiger charge is 2.22. The predicted molar refractivity (Wildman–Crippen MR) is 91.0 cm³/mol. The lowest BCUT2D eigenvalue weighted by atomic mass is 9.93. The second-order valence-electron chi connectivity index (χ2n) is 5.68. The molecule has 0 saturated carbocycles. The summed E-state index contributed by atoms with van der Waals surface area (Å²) in [6, 6.07) is 5.24. The first-order valence-electron chi connectivity index (χ1n) is 7.32. The van der Waals surface area contributed by atoms with Gasteiger partial charge in [-0.05, 0) is 46.5 Å². The van der Waals surface area contributed by atoms with Gasteiger partial charge in [-0.2, -0.15) is 0 Å². The number of aromatic carboxylic acids is 4. The standard InChI is InChI=1S/C18H10O9/c19-14-2-6-1-10(15(20)21)11(16(22)23)3-7(6)8-4-12(17(24)25)13(18(26)27)5-9(8)14/h1-5,19H,(H,20,21)(H,22,23)(H,24,25)(H,26,27). The second-order valence-corrected chi connectivity index (χ2v) is 5.68. The van der Waals surface area contributed by atoms with Gasteiger partial charge in [0.25, 0.3) is 0 Å². The average Bonchev–Trinajstić information content (AvgIpc) is 2.59. The molecule has 3 aromatic rings. The Balaban J connectivity index is 2.55. The molecule has 27 heavy (non-hydrogen) atoms. The van der Waals surface area contributed by atoms with E-state index in [9.17, 15) is 44.7 Å². The number of carboxylic acid groups (broad SMARTS) is 4. The van der Waals surface area contributed by atoms with Gasteiger partial charge >= 0.3 is 23.9 Å². The van der Waals surface area contributed by atoms with Crippen molar-refractivity contribution in [3.05, 3.63) is 52.6 Å². The van der Waals surface area contributed by atoms with Gasteiger partial charge in [-0.15, -0.1) is 0 Å². The maximum atomic E-state index is 11.4. The van der Waals surface area contributed by atoms with Crippen molar-refractivity contribution in [1.82, 2.24) is 0 Å². The third-order valence-electron chi connectivity index (χ3n) is 4.13. The largest absolute Gasteiger partial charge is 0.507 e. The van der Waals surface area contributed by atoms with Crippen LogP contribution < -0.4 is 0 Å². The number of rotatable bonds is 4. The van der Waals surface area contributed by atoms with Crippen molar-refractivity contribution in [2.24, 2.45) is 0 Å². The first kappa shape index (κ1) is 17.7. The molecule has 3 aromatic carbocycles. The van der Waals surface area contributed by atoms with Gasteiger partial charge < -0.3 is 25.5 Å². The summed E-state index contributed by atoms with van der Waals surface area (Å²) in [6.07, 6.45) is 0. The molecule has 0 aliphatic carbocycles. The predicted octanol–water partition coefficient (Wildman–Crippen LogP) is 2.49. The number of fused-ring (bicyclic) bond motifs is 3. The van der Waals surface area contributed by atoms with E-state index in [2.05, 4.69) is 0 Å². The zero-order valence-corrected chi connectivity index (χ0v) is 13.3. The van der Waals surface area contributed by atoms with Crippen LogP contribution in [0.15, 0.2) is 30.3 Å². The van der Waals surface area contributed by atoms with Crippen molar-refractivity contribution < 1.29 is 44.7 Å². The number of hydrogen-bond donors (Lipinski definition) is 5. The lowest BCUT2D eigenvalue weighted by Crippen LogP contribution is -2.09. The van der Waals surface area contributed by atoms with Crippen molar-refractivity contribution in [2.45, 2.75) is 0 Å². The maximum absolute atomic E-state index is 11.4. The molecule has 5 N–H and O–H groups in total. The van der Waals surface area contributed by atoms with Gasteiger partial charge in [-0.1, -0.05) is 0 Å². The first-order chi connectivity index (χ1) is 12.6. The summed E-state index contributed by atoms with van der Waals surface area (Å²) >= 11 is 0. The normalized spacial score (nSPS) is 10.8. The molecule has 0 fully saturated rings. The van der Waals surface area contributed by atoms with E-state index in [1.165, 1.54) is 0 Å². The van der Waals surface area contributed by atoms with E-state index in [1.54, 1.807) is 0 Å². The van der Waals surface area contributed by atoms with Gasteiger partial charge in [-0.25, -0.2) is 19.2 Å².